The predicted octanol–water partition coefficient (Wildman–Crippen LogP) is 3.04. The highest BCUT2D eigenvalue weighted by atomic mass is 32.1. The van der Waals surface area contributed by atoms with E-state index in [1.54, 1.807) is 6.20 Å². The van der Waals surface area contributed by atoms with Gasteiger partial charge in [-0.3, -0.25) is 9.48 Å². The van der Waals surface area contributed by atoms with Crippen LogP contribution in [-0.2, 0) is 15.7 Å². The van der Waals surface area contributed by atoms with Crippen molar-refractivity contribution in [1.82, 2.24) is 20.4 Å². The molecule has 0 bridgehead atoms. The predicted molar refractivity (Wildman–Crippen MR) is 104 cm³/mol. The first-order valence-electron chi connectivity index (χ1n) is 9.78. The van der Waals surface area contributed by atoms with Gasteiger partial charge in [0.1, 0.15) is 5.54 Å². The van der Waals surface area contributed by atoms with Crippen molar-refractivity contribution in [2.75, 3.05) is 19.6 Å². The number of thiophene rings is 1. The summed E-state index contributed by atoms with van der Waals surface area (Å²) >= 11 is 1.83. The first-order valence-corrected chi connectivity index (χ1v) is 10.7. The van der Waals surface area contributed by atoms with E-state index in [2.05, 4.69) is 33.2 Å². The highest BCUT2D eigenvalue weighted by Crippen LogP contribution is 2.41. The van der Waals surface area contributed by atoms with Gasteiger partial charge in [0.2, 0.25) is 5.91 Å². The summed E-state index contributed by atoms with van der Waals surface area (Å²) in [6.45, 7) is 2.44. The minimum Gasteiger partial charge on any atom is -0.353 e. The van der Waals surface area contributed by atoms with E-state index in [4.69, 9.17) is 0 Å². The van der Waals surface area contributed by atoms with Crippen molar-refractivity contribution in [3.63, 3.8) is 0 Å². The van der Waals surface area contributed by atoms with Crippen LogP contribution in [0.3, 0.4) is 0 Å². The first-order chi connectivity index (χ1) is 12.8. The smallest absolute Gasteiger partial charge is 0.248 e. The van der Waals surface area contributed by atoms with E-state index in [0.717, 1.165) is 32.5 Å². The van der Waals surface area contributed by atoms with Crippen LogP contribution in [0.1, 0.15) is 49.8 Å². The molecule has 1 aliphatic carbocycles. The summed E-state index contributed by atoms with van der Waals surface area (Å²) in [5.41, 5.74) is -0.444. The Hall–Kier alpha value is -1.66. The number of carbonyl (C=O) groups excluding carboxylic acids is 1. The minimum absolute atomic E-state index is 0.111. The summed E-state index contributed by atoms with van der Waals surface area (Å²) in [4.78, 5) is 14.8. The molecule has 0 atom stereocenters. The molecule has 2 aromatic heterocycles. The van der Waals surface area contributed by atoms with Gasteiger partial charge in [0.05, 0.1) is 0 Å². The van der Waals surface area contributed by atoms with Crippen molar-refractivity contribution in [2.45, 2.75) is 55.9 Å². The van der Waals surface area contributed by atoms with Crippen LogP contribution in [0, 0.1) is 0 Å². The molecule has 0 radical (unpaired) electrons. The number of aromatic nitrogens is 2. The topological polar surface area (TPSA) is 59.0 Å². The van der Waals surface area contributed by atoms with Crippen molar-refractivity contribution >= 4 is 17.2 Å². The molecule has 6 heteroatoms. The Morgan fingerprint density at radius 2 is 2.00 bits per heavy atom. The van der Waals surface area contributed by atoms with Gasteiger partial charge in [-0.15, -0.1) is 11.3 Å². The van der Waals surface area contributed by atoms with Gasteiger partial charge >= 0.3 is 0 Å². The Morgan fingerprint density at radius 3 is 2.65 bits per heavy atom. The molecule has 1 amide bonds. The van der Waals surface area contributed by atoms with E-state index in [9.17, 15) is 4.79 Å². The largest absolute Gasteiger partial charge is 0.353 e. The summed E-state index contributed by atoms with van der Waals surface area (Å²) in [5.74, 6) is 0.129. The maximum Gasteiger partial charge on any atom is 0.248 e. The number of hydrogen-bond acceptors (Lipinski definition) is 4. The summed E-state index contributed by atoms with van der Waals surface area (Å²) in [7, 11) is 0. The van der Waals surface area contributed by atoms with E-state index in [0.29, 0.717) is 0 Å². The number of nitrogens with one attached hydrogen (secondary N) is 2. The lowest BCUT2D eigenvalue weighted by molar-refractivity contribution is -0.132. The van der Waals surface area contributed by atoms with Gasteiger partial charge in [0, 0.05) is 29.2 Å². The maximum atomic E-state index is 13.4. The van der Waals surface area contributed by atoms with Crippen LogP contribution in [0.2, 0.25) is 0 Å². The average molecular weight is 373 g/mol. The molecule has 1 saturated carbocycles. The lowest BCUT2D eigenvalue weighted by Gasteiger charge is -2.40. The Morgan fingerprint density at radius 1 is 1.19 bits per heavy atom. The molecule has 3 heterocycles. The van der Waals surface area contributed by atoms with Crippen LogP contribution < -0.4 is 10.6 Å². The standard InChI is InChI=1S/C20H28N4OS/c25-18(20(9-12-21-13-10-20)24-14-5-11-23-24)22-16-19(7-2-1-3-8-19)17-6-4-15-26-17/h4-6,11,14-15,21H,1-3,7-10,12-13,16H2,(H,22,25). The first kappa shape index (κ1) is 17.7. The number of piperidine rings is 1. The fraction of sp³-hybridized carbons (Fsp3) is 0.600. The lowest BCUT2D eigenvalue weighted by atomic mass is 9.72. The van der Waals surface area contributed by atoms with Crippen molar-refractivity contribution in [2.24, 2.45) is 0 Å². The summed E-state index contributed by atoms with van der Waals surface area (Å²) in [6, 6.07) is 6.29. The Balaban J connectivity index is 1.54. The molecule has 1 saturated heterocycles. The molecule has 1 aliphatic heterocycles. The molecular weight excluding hydrogens is 344 g/mol. The van der Waals surface area contributed by atoms with Gasteiger partial charge in [-0.2, -0.15) is 5.10 Å². The van der Waals surface area contributed by atoms with Gasteiger partial charge in [-0.1, -0.05) is 25.3 Å². The van der Waals surface area contributed by atoms with Gasteiger partial charge in [-0.05, 0) is 56.3 Å². The maximum absolute atomic E-state index is 13.4. The monoisotopic (exact) mass is 372 g/mol. The fourth-order valence-electron chi connectivity index (χ4n) is 4.66. The van der Waals surface area contributed by atoms with Crippen LogP contribution in [0.4, 0.5) is 0 Å². The van der Waals surface area contributed by atoms with Crippen LogP contribution in [0.15, 0.2) is 36.0 Å². The summed E-state index contributed by atoms with van der Waals surface area (Å²) < 4.78 is 1.88. The normalized spacial score (nSPS) is 22.0. The third kappa shape index (κ3) is 3.21. The average Bonchev–Trinajstić information content (AvgIpc) is 3.42. The van der Waals surface area contributed by atoms with E-state index >= 15 is 0 Å². The number of nitrogens with zero attached hydrogens (tertiary/aromatic N) is 2. The van der Waals surface area contributed by atoms with Gasteiger partial charge < -0.3 is 10.6 Å². The molecular formula is C20H28N4OS. The molecule has 0 unspecified atom stereocenters. The van der Waals surface area contributed by atoms with Crippen molar-refractivity contribution in [3.8, 4) is 0 Å². The molecule has 2 aliphatic rings. The Bertz CT molecular complexity index is 698. The minimum atomic E-state index is -0.555. The molecule has 5 nitrogen and oxygen atoms in total. The van der Waals surface area contributed by atoms with Crippen molar-refractivity contribution in [3.05, 3.63) is 40.8 Å². The number of hydrogen-bond donors (Lipinski definition) is 2. The van der Waals surface area contributed by atoms with E-state index in [1.807, 2.05) is 28.3 Å². The van der Waals surface area contributed by atoms with Crippen molar-refractivity contribution < 1.29 is 4.79 Å². The van der Waals surface area contributed by atoms with E-state index in [1.165, 1.54) is 37.0 Å². The van der Waals surface area contributed by atoms with Crippen LogP contribution in [0.25, 0.3) is 0 Å². The highest BCUT2D eigenvalue weighted by molar-refractivity contribution is 7.10. The second-order valence-corrected chi connectivity index (χ2v) is 8.68. The highest BCUT2D eigenvalue weighted by Gasteiger charge is 2.43. The third-order valence-electron chi connectivity index (χ3n) is 6.24. The second-order valence-electron chi connectivity index (χ2n) is 7.73. The zero-order valence-corrected chi connectivity index (χ0v) is 16.1. The van der Waals surface area contributed by atoms with Gasteiger partial charge in [0.25, 0.3) is 0 Å². The van der Waals surface area contributed by atoms with Crippen LogP contribution >= 0.6 is 11.3 Å². The molecule has 0 aromatic carbocycles. The molecule has 2 fully saturated rings. The van der Waals surface area contributed by atoms with Crippen LogP contribution in [0.5, 0.6) is 0 Å². The molecule has 4 rings (SSSR count). The zero-order valence-electron chi connectivity index (χ0n) is 15.2. The van der Waals surface area contributed by atoms with E-state index in [-0.39, 0.29) is 11.3 Å². The molecule has 2 N–H and O–H groups in total. The lowest BCUT2D eigenvalue weighted by Crippen LogP contribution is -2.56. The SMILES string of the molecule is O=C(NCC1(c2cccs2)CCCCC1)C1(n2cccn2)CCNCC1. The molecule has 2 aromatic rings. The molecule has 0 spiro atoms. The quantitative estimate of drug-likeness (QED) is 0.848. The summed E-state index contributed by atoms with van der Waals surface area (Å²) in [5, 5.41) is 13.3. The molecule has 26 heavy (non-hydrogen) atoms. The van der Waals surface area contributed by atoms with Crippen LogP contribution in [-0.4, -0.2) is 35.3 Å². The summed E-state index contributed by atoms with van der Waals surface area (Å²) in [6.07, 6.45) is 11.4. The Kier molecular flexibility index (Phi) is 5.14. The van der Waals surface area contributed by atoms with Gasteiger partial charge in [0.15, 0.2) is 0 Å². The Labute approximate surface area is 159 Å². The fourth-order valence-corrected chi connectivity index (χ4v) is 5.64. The second kappa shape index (κ2) is 7.53. The number of carbonyl (C=O) groups is 1. The number of amides is 1. The third-order valence-corrected chi connectivity index (χ3v) is 7.35. The van der Waals surface area contributed by atoms with E-state index < -0.39 is 5.54 Å². The number of rotatable bonds is 5. The van der Waals surface area contributed by atoms with Crippen molar-refractivity contribution in [1.29, 1.82) is 0 Å². The zero-order chi connectivity index (χ0) is 17.9. The van der Waals surface area contributed by atoms with Gasteiger partial charge in [-0.25, -0.2) is 0 Å². The molecule has 140 valence electrons.